The maximum atomic E-state index is 11.3. The third kappa shape index (κ3) is 4.50. The Labute approximate surface area is 99.1 Å². The fourth-order valence-electron chi connectivity index (χ4n) is 1.18. The summed E-state index contributed by atoms with van der Waals surface area (Å²) in [4.78, 5) is 26.0. The molecule has 1 rings (SSSR count). The first kappa shape index (κ1) is 13.0. The van der Waals surface area contributed by atoms with Crippen LogP contribution in [-0.4, -0.2) is 28.1 Å². The minimum Gasteiger partial charge on any atom is -0.480 e. The highest BCUT2D eigenvalue weighted by molar-refractivity contribution is 5.82. The number of urea groups is 1. The molecule has 0 aliphatic carbocycles. The number of amides is 2. The lowest BCUT2D eigenvalue weighted by Gasteiger charge is -2.10. The fourth-order valence-corrected chi connectivity index (χ4v) is 1.18. The number of hydrogen-bond donors (Lipinski definition) is 3. The van der Waals surface area contributed by atoms with Crippen molar-refractivity contribution in [1.82, 2.24) is 15.6 Å². The number of aromatic nitrogens is 1. The van der Waals surface area contributed by atoms with Crippen LogP contribution in [0.25, 0.3) is 0 Å². The third-order valence-electron chi connectivity index (χ3n) is 2.09. The van der Waals surface area contributed by atoms with Gasteiger partial charge in [0.2, 0.25) is 0 Å². The molecule has 0 aliphatic rings. The topological polar surface area (TPSA) is 91.3 Å². The Bertz CT molecular complexity index is 420. The second-order valence-corrected chi connectivity index (χ2v) is 3.66. The fraction of sp³-hybridized carbons (Fsp3) is 0.364. The van der Waals surface area contributed by atoms with E-state index in [4.69, 9.17) is 5.11 Å². The highest BCUT2D eigenvalue weighted by atomic mass is 16.4. The smallest absolute Gasteiger partial charge is 0.325 e. The molecule has 0 unspecified atom stereocenters. The number of nitrogens with one attached hydrogen (secondary N) is 2. The Balaban J connectivity index is 2.41. The van der Waals surface area contributed by atoms with E-state index in [2.05, 4.69) is 15.6 Å². The molecule has 0 aromatic carbocycles. The largest absolute Gasteiger partial charge is 0.480 e. The van der Waals surface area contributed by atoms with E-state index in [1.54, 1.807) is 6.07 Å². The summed E-state index contributed by atoms with van der Waals surface area (Å²) in [5.74, 6) is -1.08. The Kier molecular flexibility index (Phi) is 4.45. The number of aliphatic carboxylic acids is 1. The molecule has 1 heterocycles. The van der Waals surface area contributed by atoms with E-state index < -0.39 is 18.0 Å². The van der Waals surface area contributed by atoms with Crippen molar-refractivity contribution in [2.24, 2.45) is 0 Å². The van der Waals surface area contributed by atoms with Gasteiger partial charge in [0.25, 0.3) is 0 Å². The SMILES string of the molecule is Cc1cccc(CNC(=O)N[C@@H](C)C(=O)O)n1. The molecule has 6 nitrogen and oxygen atoms in total. The first-order chi connectivity index (χ1) is 7.99. The number of pyridine rings is 1. The van der Waals surface area contributed by atoms with Gasteiger partial charge in [-0.3, -0.25) is 9.78 Å². The maximum absolute atomic E-state index is 11.3. The summed E-state index contributed by atoms with van der Waals surface area (Å²) in [6.45, 7) is 3.52. The van der Waals surface area contributed by atoms with Crippen LogP contribution in [0.5, 0.6) is 0 Å². The van der Waals surface area contributed by atoms with Gasteiger partial charge in [0.1, 0.15) is 6.04 Å². The number of carbonyl (C=O) groups excluding carboxylic acids is 1. The van der Waals surface area contributed by atoms with Gasteiger partial charge in [-0.2, -0.15) is 0 Å². The van der Waals surface area contributed by atoms with E-state index in [1.807, 2.05) is 19.1 Å². The van der Waals surface area contributed by atoms with Crippen LogP contribution in [0.1, 0.15) is 18.3 Å². The molecule has 0 saturated heterocycles. The minimum atomic E-state index is -1.08. The molecule has 1 aromatic heterocycles. The van der Waals surface area contributed by atoms with Gasteiger partial charge in [0.05, 0.1) is 12.2 Å². The quantitative estimate of drug-likeness (QED) is 0.717. The van der Waals surface area contributed by atoms with E-state index in [9.17, 15) is 9.59 Å². The monoisotopic (exact) mass is 237 g/mol. The Morgan fingerprint density at radius 3 is 2.76 bits per heavy atom. The van der Waals surface area contributed by atoms with E-state index >= 15 is 0 Å². The summed E-state index contributed by atoms with van der Waals surface area (Å²) >= 11 is 0. The van der Waals surface area contributed by atoms with Gasteiger partial charge < -0.3 is 15.7 Å². The third-order valence-corrected chi connectivity index (χ3v) is 2.09. The lowest BCUT2D eigenvalue weighted by atomic mass is 10.3. The van der Waals surface area contributed by atoms with E-state index in [-0.39, 0.29) is 6.54 Å². The minimum absolute atomic E-state index is 0.264. The number of nitrogens with zero attached hydrogens (tertiary/aromatic N) is 1. The second-order valence-electron chi connectivity index (χ2n) is 3.66. The molecular formula is C11H15N3O3. The van der Waals surface area contributed by atoms with Crippen molar-refractivity contribution in [1.29, 1.82) is 0 Å². The first-order valence-electron chi connectivity index (χ1n) is 5.18. The Morgan fingerprint density at radius 1 is 1.47 bits per heavy atom. The van der Waals surface area contributed by atoms with Gasteiger partial charge in [-0.25, -0.2) is 4.79 Å². The Morgan fingerprint density at radius 2 is 2.18 bits per heavy atom. The van der Waals surface area contributed by atoms with Gasteiger partial charge in [0, 0.05) is 5.69 Å². The molecule has 92 valence electrons. The summed E-state index contributed by atoms with van der Waals surface area (Å²) in [7, 11) is 0. The number of carbonyl (C=O) groups is 2. The molecule has 1 atom stereocenters. The zero-order valence-corrected chi connectivity index (χ0v) is 9.73. The van der Waals surface area contributed by atoms with Crippen molar-refractivity contribution >= 4 is 12.0 Å². The standard InChI is InChI=1S/C11H15N3O3/c1-7-4-3-5-9(13-7)6-12-11(17)14-8(2)10(15)16/h3-5,8H,6H2,1-2H3,(H,15,16)(H2,12,14,17)/t8-/m0/s1. The molecule has 6 heteroatoms. The molecule has 0 bridgehead atoms. The van der Waals surface area contributed by atoms with Crippen LogP contribution in [0.15, 0.2) is 18.2 Å². The summed E-state index contributed by atoms with van der Waals surface area (Å²) < 4.78 is 0. The lowest BCUT2D eigenvalue weighted by molar-refractivity contribution is -0.138. The number of hydrogen-bond acceptors (Lipinski definition) is 3. The van der Waals surface area contributed by atoms with Crippen molar-refractivity contribution < 1.29 is 14.7 Å². The molecule has 17 heavy (non-hydrogen) atoms. The number of carboxylic acids is 1. The molecule has 0 fully saturated rings. The van der Waals surface area contributed by atoms with Crippen LogP contribution in [-0.2, 0) is 11.3 Å². The molecule has 1 aromatic rings. The molecule has 0 spiro atoms. The zero-order valence-electron chi connectivity index (χ0n) is 9.73. The van der Waals surface area contributed by atoms with Gasteiger partial charge in [-0.05, 0) is 26.0 Å². The van der Waals surface area contributed by atoms with E-state index in [0.29, 0.717) is 0 Å². The van der Waals surface area contributed by atoms with Crippen LogP contribution in [0.4, 0.5) is 4.79 Å². The van der Waals surface area contributed by atoms with Crippen molar-refractivity contribution in [3.05, 3.63) is 29.6 Å². The van der Waals surface area contributed by atoms with Gasteiger partial charge >= 0.3 is 12.0 Å². The molecule has 3 N–H and O–H groups in total. The van der Waals surface area contributed by atoms with Crippen LogP contribution in [0.3, 0.4) is 0 Å². The summed E-state index contributed by atoms with van der Waals surface area (Å²) in [6, 6.07) is 4.05. The highest BCUT2D eigenvalue weighted by Gasteiger charge is 2.13. The van der Waals surface area contributed by atoms with Crippen molar-refractivity contribution in [2.45, 2.75) is 26.4 Å². The van der Waals surface area contributed by atoms with Crippen LogP contribution >= 0.6 is 0 Å². The number of rotatable bonds is 4. The molecule has 2 amide bonds. The highest BCUT2D eigenvalue weighted by Crippen LogP contribution is 1.97. The van der Waals surface area contributed by atoms with Crippen molar-refractivity contribution in [2.75, 3.05) is 0 Å². The number of carboxylic acid groups (broad SMARTS) is 1. The lowest BCUT2D eigenvalue weighted by Crippen LogP contribution is -2.44. The average molecular weight is 237 g/mol. The molecule has 0 saturated carbocycles. The average Bonchev–Trinajstić information content (AvgIpc) is 2.26. The predicted octanol–water partition coefficient (Wildman–Crippen LogP) is 0.662. The van der Waals surface area contributed by atoms with Crippen LogP contribution in [0, 0.1) is 6.92 Å². The van der Waals surface area contributed by atoms with Gasteiger partial charge in [-0.1, -0.05) is 6.07 Å². The Hall–Kier alpha value is -2.11. The number of aryl methyl sites for hydroxylation is 1. The first-order valence-corrected chi connectivity index (χ1v) is 5.18. The van der Waals surface area contributed by atoms with Crippen molar-refractivity contribution in [3.8, 4) is 0 Å². The molecule has 0 aliphatic heterocycles. The summed E-state index contributed by atoms with van der Waals surface area (Å²) in [5, 5.41) is 13.4. The summed E-state index contributed by atoms with van der Waals surface area (Å²) in [6.07, 6.45) is 0. The zero-order chi connectivity index (χ0) is 12.8. The molecule has 0 radical (unpaired) electrons. The van der Waals surface area contributed by atoms with E-state index in [0.717, 1.165) is 11.4 Å². The maximum Gasteiger partial charge on any atom is 0.325 e. The summed E-state index contributed by atoms with van der Waals surface area (Å²) in [5.41, 5.74) is 1.59. The van der Waals surface area contributed by atoms with Gasteiger partial charge in [0.15, 0.2) is 0 Å². The molecular weight excluding hydrogens is 222 g/mol. The van der Waals surface area contributed by atoms with Crippen molar-refractivity contribution in [3.63, 3.8) is 0 Å². The van der Waals surface area contributed by atoms with Crippen LogP contribution < -0.4 is 10.6 Å². The second kappa shape index (κ2) is 5.83. The normalized spacial score (nSPS) is 11.6. The predicted molar refractivity (Wildman–Crippen MR) is 61.4 cm³/mol. The van der Waals surface area contributed by atoms with E-state index in [1.165, 1.54) is 6.92 Å². The van der Waals surface area contributed by atoms with Gasteiger partial charge in [-0.15, -0.1) is 0 Å². The van der Waals surface area contributed by atoms with Crippen LogP contribution in [0.2, 0.25) is 0 Å².